The fourth-order valence-electron chi connectivity index (χ4n) is 2.66. The first kappa shape index (κ1) is 17.7. The summed E-state index contributed by atoms with van der Waals surface area (Å²) in [6.45, 7) is 8.36. The number of carbonyl (C=O) groups is 2. The molecular weight excluding hydrogens is 306 g/mol. The normalized spacial score (nSPS) is 21.2. The molecule has 23 heavy (non-hydrogen) atoms. The molecule has 4 heteroatoms. The van der Waals surface area contributed by atoms with Gasteiger partial charge < -0.3 is 5.32 Å². The van der Waals surface area contributed by atoms with E-state index in [0.29, 0.717) is 16.5 Å². The van der Waals surface area contributed by atoms with Gasteiger partial charge in [-0.15, -0.1) is 11.3 Å². The first-order valence-electron chi connectivity index (χ1n) is 8.21. The van der Waals surface area contributed by atoms with Crippen molar-refractivity contribution in [2.75, 3.05) is 5.32 Å². The molecule has 0 bridgehead atoms. The Kier molecular flexibility index (Phi) is 5.64. The Morgan fingerprint density at radius 1 is 1.30 bits per heavy atom. The molecule has 1 fully saturated rings. The van der Waals surface area contributed by atoms with Crippen LogP contribution in [0.3, 0.4) is 0 Å². The van der Waals surface area contributed by atoms with Crippen molar-refractivity contribution in [1.29, 1.82) is 0 Å². The highest BCUT2D eigenvalue weighted by atomic mass is 32.1. The molecule has 2 rings (SSSR count). The van der Waals surface area contributed by atoms with Gasteiger partial charge in [-0.3, -0.25) is 9.59 Å². The number of rotatable bonds is 3. The molecule has 0 unspecified atom stereocenters. The second-order valence-electron chi connectivity index (χ2n) is 7.45. The largest absolute Gasteiger partial charge is 0.324 e. The molecule has 0 aliphatic heterocycles. The number of hydrogen-bond acceptors (Lipinski definition) is 3. The van der Waals surface area contributed by atoms with Gasteiger partial charge in [0.05, 0.1) is 15.4 Å². The highest BCUT2D eigenvalue weighted by molar-refractivity contribution is 7.14. The molecule has 1 aromatic heterocycles. The van der Waals surface area contributed by atoms with Gasteiger partial charge in [0.1, 0.15) is 0 Å². The Morgan fingerprint density at radius 3 is 2.52 bits per heavy atom. The molecule has 0 atom stereocenters. The lowest BCUT2D eigenvalue weighted by molar-refractivity contribution is -0.121. The van der Waals surface area contributed by atoms with Crippen molar-refractivity contribution in [1.82, 2.24) is 0 Å². The molecule has 0 radical (unpaired) electrons. The minimum atomic E-state index is -0.0897. The van der Waals surface area contributed by atoms with E-state index in [9.17, 15) is 9.59 Å². The Bertz CT molecular complexity index is 635. The van der Waals surface area contributed by atoms with E-state index < -0.39 is 0 Å². The zero-order valence-electron chi connectivity index (χ0n) is 14.4. The van der Waals surface area contributed by atoms with Crippen LogP contribution in [0.5, 0.6) is 0 Å². The van der Waals surface area contributed by atoms with Crippen molar-refractivity contribution in [3.05, 3.63) is 15.8 Å². The van der Waals surface area contributed by atoms with Gasteiger partial charge in [0.25, 0.3) is 0 Å². The number of nitrogens with one attached hydrogen (secondary N) is 1. The average Bonchev–Trinajstić information content (AvgIpc) is 2.87. The highest BCUT2D eigenvalue weighted by Crippen LogP contribution is 2.31. The molecule has 124 valence electrons. The summed E-state index contributed by atoms with van der Waals surface area (Å²) in [5, 5.41) is 2.94. The molecule has 1 aliphatic carbocycles. The maximum absolute atomic E-state index is 12.4. The Morgan fingerprint density at radius 2 is 1.96 bits per heavy atom. The lowest BCUT2D eigenvalue weighted by atomic mass is 9.82. The van der Waals surface area contributed by atoms with Crippen molar-refractivity contribution in [3.63, 3.8) is 0 Å². The Balaban J connectivity index is 2.09. The lowest BCUT2D eigenvalue weighted by Gasteiger charge is -2.25. The Labute approximate surface area is 142 Å². The maximum atomic E-state index is 12.4. The molecule has 0 saturated heterocycles. The van der Waals surface area contributed by atoms with Crippen LogP contribution in [0.25, 0.3) is 0 Å². The van der Waals surface area contributed by atoms with Crippen LogP contribution < -0.4 is 5.32 Å². The first-order chi connectivity index (χ1) is 10.8. The van der Waals surface area contributed by atoms with Gasteiger partial charge in [-0.1, -0.05) is 18.8 Å². The quantitative estimate of drug-likeness (QED) is 0.643. The standard InChI is InChI=1S/C19H25NO2S/c1-13-5-7-14(8-6-13)18(22)20-16-11-15(23-17(16)12-21)9-10-19(2,3)4/h11-14H,5-8H2,1-4H3,(H,20,22)/t13-,14-. The molecule has 1 aliphatic rings. The number of carbonyl (C=O) groups excluding carboxylic acids is 2. The summed E-state index contributed by atoms with van der Waals surface area (Å²) in [4.78, 5) is 25.0. The van der Waals surface area contributed by atoms with Crippen molar-refractivity contribution < 1.29 is 9.59 Å². The summed E-state index contributed by atoms with van der Waals surface area (Å²) in [5.74, 6) is 7.07. The molecule has 3 nitrogen and oxygen atoms in total. The zero-order valence-corrected chi connectivity index (χ0v) is 15.2. The van der Waals surface area contributed by atoms with Gasteiger partial charge in [-0.05, 0) is 58.4 Å². The fourth-order valence-corrected chi connectivity index (χ4v) is 3.44. The minimum Gasteiger partial charge on any atom is -0.324 e. The third-order valence-electron chi connectivity index (χ3n) is 4.07. The molecule has 1 amide bonds. The molecule has 0 spiro atoms. The molecule has 1 saturated carbocycles. The molecule has 1 aromatic rings. The third kappa shape index (κ3) is 5.21. The smallest absolute Gasteiger partial charge is 0.227 e. The van der Waals surface area contributed by atoms with E-state index in [1.54, 1.807) is 0 Å². The van der Waals surface area contributed by atoms with Crippen molar-refractivity contribution in [3.8, 4) is 11.8 Å². The molecular formula is C19H25NO2S. The molecule has 0 aromatic carbocycles. The second kappa shape index (κ2) is 7.31. The maximum Gasteiger partial charge on any atom is 0.227 e. The van der Waals surface area contributed by atoms with Gasteiger partial charge >= 0.3 is 0 Å². The summed E-state index contributed by atoms with van der Waals surface area (Å²) in [6.07, 6.45) is 4.87. The Hall–Kier alpha value is -1.60. The van der Waals surface area contributed by atoms with Crippen LogP contribution in [0.4, 0.5) is 5.69 Å². The van der Waals surface area contributed by atoms with E-state index >= 15 is 0 Å². The molecule has 1 N–H and O–H groups in total. The summed E-state index contributed by atoms with van der Waals surface area (Å²) < 4.78 is 0. The number of amides is 1. The van der Waals surface area contributed by atoms with Crippen molar-refractivity contribution in [2.24, 2.45) is 17.3 Å². The van der Waals surface area contributed by atoms with Gasteiger partial charge in [0.15, 0.2) is 6.29 Å². The van der Waals surface area contributed by atoms with Crippen LogP contribution in [0.1, 0.15) is 67.9 Å². The van der Waals surface area contributed by atoms with E-state index in [2.05, 4.69) is 24.1 Å². The van der Waals surface area contributed by atoms with Gasteiger partial charge in [0, 0.05) is 11.3 Å². The lowest BCUT2D eigenvalue weighted by Crippen LogP contribution is -2.26. The molecule has 1 heterocycles. The van der Waals surface area contributed by atoms with E-state index in [-0.39, 0.29) is 17.2 Å². The number of anilines is 1. The van der Waals surface area contributed by atoms with E-state index in [1.165, 1.54) is 11.3 Å². The predicted octanol–water partition coefficient (Wildman–Crippen LogP) is 4.72. The second-order valence-corrected chi connectivity index (χ2v) is 8.54. The minimum absolute atomic E-state index is 0.0353. The third-order valence-corrected chi connectivity index (χ3v) is 5.05. The van der Waals surface area contributed by atoms with Crippen LogP contribution in [-0.4, -0.2) is 12.2 Å². The zero-order chi connectivity index (χ0) is 17.0. The van der Waals surface area contributed by atoms with Gasteiger partial charge in [0.2, 0.25) is 5.91 Å². The summed E-state index contributed by atoms with van der Waals surface area (Å²) in [6, 6.07) is 1.82. The van der Waals surface area contributed by atoms with Crippen molar-refractivity contribution >= 4 is 29.2 Å². The van der Waals surface area contributed by atoms with Gasteiger partial charge in [-0.2, -0.15) is 0 Å². The predicted molar refractivity (Wildman–Crippen MR) is 95.8 cm³/mol. The average molecular weight is 331 g/mol. The topological polar surface area (TPSA) is 46.2 Å². The SMILES string of the molecule is CC(C)(C)C#Cc1cc(NC(=O)[C@H]2CC[C@H](C)CC2)c(C=O)s1. The van der Waals surface area contributed by atoms with Crippen LogP contribution in [0, 0.1) is 29.1 Å². The number of thiophene rings is 1. The summed E-state index contributed by atoms with van der Waals surface area (Å²) in [7, 11) is 0. The highest BCUT2D eigenvalue weighted by Gasteiger charge is 2.25. The van der Waals surface area contributed by atoms with Crippen LogP contribution in [-0.2, 0) is 4.79 Å². The van der Waals surface area contributed by atoms with Gasteiger partial charge in [-0.25, -0.2) is 0 Å². The number of hydrogen-bond donors (Lipinski definition) is 1. The fraction of sp³-hybridized carbons (Fsp3) is 0.579. The van der Waals surface area contributed by atoms with Crippen molar-refractivity contribution in [2.45, 2.75) is 53.4 Å². The van der Waals surface area contributed by atoms with E-state index in [1.807, 2.05) is 26.8 Å². The van der Waals surface area contributed by atoms with Crippen LogP contribution in [0.2, 0.25) is 0 Å². The number of aldehydes is 1. The summed E-state index contributed by atoms with van der Waals surface area (Å²) >= 11 is 1.33. The first-order valence-corrected chi connectivity index (χ1v) is 9.03. The summed E-state index contributed by atoms with van der Waals surface area (Å²) in [5.41, 5.74) is 0.514. The van der Waals surface area contributed by atoms with E-state index in [0.717, 1.165) is 36.8 Å². The monoisotopic (exact) mass is 331 g/mol. The van der Waals surface area contributed by atoms with Crippen LogP contribution >= 0.6 is 11.3 Å². The van der Waals surface area contributed by atoms with E-state index in [4.69, 9.17) is 0 Å². The van der Waals surface area contributed by atoms with Crippen LogP contribution in [0.15, 0.2) is 6.07 Å².